The van der Waals surface area contributed by atoms with E-state index in [4.69, 9.17) is 19.9 Å². The molecule has 1 aliphatic heterocycles. The van der Waals surface area contributed by atoms with Crippen LogP contribution in [0, 0.1) is 0 Å². The summed E-state index contributed by atoms with van der Waals surface area (Å²) >= 11 is 0. The van der Waals surface area contributed by atoms with Gasteiger partial charge in [0.2, 0.25) is 0 Å². The minimum atomic E-state index is 0.479. The highest BCUT2D eigenvalue weighted by molar-refractivity contribution is 5.77. The molecule has 7 heteroatoms. The van der Waals surface area contributed by atoms with Crippen LogP contribution >= 0.6 is 0 Å². The summed E-state index contributed by atoms with van der Waals surface area (Å²) in [6.07, 6.45) is 1.04. The molecule has 1 saturated heterocycles. The highest BCUT2D eigenvalue weighted by Gasteiger charge is 2.08. The Kier molecular flexibility index (Phi) is 9.11. The number of rotatable bonds is 10. The molecule has 0 unspecified atom stereocenters. The molecule has 1 fully saturated rings. The van der Waals surface area contributed by atoms with Gasteiger partial charge in [-0.15, -0.1) is 0 Å². The van der Waals surface area contributed by atoms with Crippen LogP contribution in [0.5, 0.6) is 5.75 Å². The zero-order chi connectivity index (χ0) is 17.7. The lowest BCUT2D eigenvalue weighted by Gasteiger charge is -2.26. The second-order valence-electron chi connectivity index (χ2n) is 5.92. The summed E-state index contributed by atoms with van der Waals surface area (Å²) in [6, 6.07) is 7.87. The number of nitrogens with zero attached hydrogens (tertiary/aromatic N) is 2. The van der Waals surface area contributed by atoms with E-state index in [1.807, 2.05) is 24.3 Å². The lowest BCUT2D eigenvalue weighted by Crippen LogP contribution is -2.39. The van der Waals surface area contributed by atoms with Gasteiger partial charge in [0.1, 0.15) is 12.4 Å². The average Bonchev–Trinajstić information content (AvgIpc) is 2.65. The van der Waals surface area contributed by atoms with Crippen LogP contribution in [0.15, 0.2) is 29.3 Å². The lowest BCUT2D eigenvalue weighted by atomic mass is 10.2. The van der Waals surface area contributed by atoms with E-state index in [2.05, 4.69) is 15.2 Å². The first-order chi connectivity index (χ1) is 12.3. The van der Waals surface area contributed by atoms with Gasteiger partial charge in [-0.05, 0) is 30.7 Å². The number of benzene rings is 1. The van der Waals surface area contributed by atoms with Crippen LogP contribution in [-0.2, 0) is 16.0 Å². The molecule has 7 nitrogen and oxygen atoms in total. The van der Waals surface area contributed by atoms with Crippen molar-refractivity contribution in [2.45, 2.75) is 13.0 Å². The van der Waals surface area contributed by atoms with Crippen molar-refractivity contribution in [2.75, 3.05) is 59.7 Å². The molecule has 0 amide bonds. The Morgan fingerprint density at radius 2 is 2.16 bits per heavy atom. The average molecular weight is 350 g/mol. The van der Waals surface area contributed by atoms with Crippen LogP contribution in [-0.4, -0.2) is 70.6 Å². The molecular formula is C18H30N4O3. The monoisotopic (exact) mass is 350 g/mol. The fraction of sp³-hybridized carbons (Fsp3) is 0.611. The maximum absolute atomic E-state index is 5.93. The maximum atomic E-state index is 5.93. The molecule has 25 heavy (non-hydrogen) atoms. The van der Waals surface area contributed by atoms with Gasteiger partial charge in [0, 0.05) is 26.7 Å². The highest BCUT2D eigenvalue weighted by atomic mass is 16.5. The van der Waals surface area contributed by atoms with Crippen LogP contribution in [0.25, 0.3) is 0 Å². The van der Waals surface area contributed by atoms with Crippen molar-refractivity contribution in [1.82, 2.24) is 10.2 Å². The van der Waals surface area contributed by atoms with E-state index in [0.29, 0.717) is 25.7 Å². The Balaban J connectivity index is 1.65. The molecule has 1 aromatic rings. The normalized spacial score (nSPS) is 16.0. The summed E-state index contributed by atoms with van der Waals surface area (Å²) < 4.78 is 15.9. The van der Waals surface area contributed by atoms with Gasteiger partial charge in [0.25, 0.3) is 0 Å². The molecule has 1 aliphatic rings. The van der Waals surface area contributed by atoms with Crippen LogP contribution < -0.4 is 15.8 Å². The van der Waals surface area contributed by atoms with Gasteiger partial charge < -0.3 is 25.3 Å². The van der Waals surface area contributed by atoms with E-state index in [9.17, 15) is 0 Å². The number of hydrogen-bond donors (Lipinski definition) is 2. The van der Waals surface area contributed by atoms with Crippen molar-refractivity contribution in [3.8, 4) is 5.75 Å². The molecule has 0 saturated carbocycles. The molecule has 0 spiro atoms. The fourth-order valence-electron chi connectivity index (χ4n) is 2.55. The summed E-state index contributed by atoms with van der Waals surface area (Å²) in [5.41, 5.74) is 7.00. The number of morpholine rings is 1. The first-order valence-electron chi connectivity index (χ1n) is 8.82. The largest absolute Gasteiger partial charge is 0.491 e. The molecular weight excluding hydrogens is 320 g/mol. The van der Waals surface area contributed by atoms with E-state index in [-0.39, 0.29) is 0 Å². The van der Waals surface area contributed by atoms with E-state index >= 15 is 0 Å². The van der Waals surface area contributed by atoms with Gasteiger partial charge in [-0.1, -0.05) is 12.1 Å². The van der Waals surface area contributed by atoms with Crippen LogP contribution in [0.3, 0.4) is 0 Å². The highest BCUT2D eigenvalue weighted by Crippen LogP contribution is 2.13. The van der Waals surface area contributed by atoms with Crippen LogP contribution in [0.1, 0.15) is 12.0 Å². The zero-order valence-electron chi connectivity index (χ0n) is 15.1. The molecule has 140 valence electrons. The second-order valence-corrected chi connectivity index (χ2v) is 5.92. The van der Waals surface area contributed by atoms with Crippen LogP contribution in [0.2, 0.25) is 0 Å². The van der Waals surface area contributed by atoms with Crippen molar-refractivity contribution in [3.05, 3.63) is 29.8 Å². The van der Waals surface area contributed by atoms with Crippen molar-refractivity contribution in [3.63, 3.8) is 0 Å². The van der Waals surface area contributed by atoms with Gasteiger partial charge in [-0.25, -0.2) is 4.99 Å². The number of hydrogen-bond acceptors (Lipinski definition) is 5. The predicted octanol–water partition coefficient (Wildman–Crippen LogP) is 0.838. The molecule has 0 bridgehead atoms. The molecule has 0 atom stereocenters. The molecule has 1 heterocycles. The molecule has 2 rings (SSSR count). The lowest BCUT2D eigenvalue weighted by molar-refractivity contribution is 0.0376. The van der Waals surface area contributed by atoms with Crippen molar-refractivity contribution < 1.29 is 14.2 Å². The molecule has 0 aliphatic carbocycles. The maximum Gasteiger partial charge on any atom is 0.188 e. The van der Waals surface area contributed by atoms with Gasteiger partial charge in [-0.2, -0.15) is 0 Å². The number of guanidine groups is 1. The summed E-state index contributed by atoms with van der Waals surface area (Å²) in [7, 11) is 1.66. The Bertz CT molecular complexity index is 519. The molecule has 0 aromatic heterocycles. The Hall–Kier alpha value is -1.83. The first kappa shape index (κ1) is 19.5. The van der Waals surface area contributed by atoms with E-state index in [1.165, 1.54) is 0 Å². The Labute approximate surface area is 150 Å². The van der Waals surface area contributed by atoms with Gasteiger partial charge in [-0.3, -0.25) is 4.90 Å². The number of methoxy groups -OCH3 is 1. The topological polar surface area (TPSA) is 81.3 Å². The molecule has 1 aromatic carbocycles. The van der Waals surface area contributed by atoms with Gasteiger partial charge in [0.15, 0.2) is 5.96 Å². The van der Waals surface area contributed by atoms with Gasteiger partial charge >= 0.3 is 0 Å². The van der Waals surface area contributed by atoms with E-state index in [0.717, 1.165) is 57.1 Å². The minimum absolute atomic E-state index is 0.479. The van der Waals surface area contributed by atoms with Crippen molar-refractivity contribution in [2.24, 2.45) is 10.7 Å². The Morgan fingerprint density at radius 1 is 1.32 bits per heavy atom. The second kappa shape index (κ2) is 11.7. The van der Waals surface area contributed by atoms with Crippen molar-refractivity contribution >= 4 is 5.96 Å². The van der Waals surface area contributed by atoms with Crippen molar-refractivity contribution in [1.29, 1.82) is 0 Å². The van der Waals surface area contributed by atoms with Crippen LogP contribution in [0.4, 0.5) is 0 Å². The third-order valence-corrected chi connectivity index (χ3v) is 3.95. The first-order valence-corrected chi connectivity index (χ1v) is 8.82. The number of nitrogens with two attached hydrogens (primary N) is 1. The molecule has 3 N–H and O–H groups in total. The fourth-order valence-corrected chi connectivity index (χ4v) is 2.55. The van der Waals surface area contributed by atoms with Gasteiger partial charge in [0.05, 0.1) is 26.4 Å². The summed E-state index contributed by atoms with van der Waals surface area (Å²) in [6.45, 7) is 7.25. The predicted molar refractivity (Wildman–Crippen MR) is 99.0 cm³/mol. The minimum Gasteiger partial charge on any atom is -0.491 e. The number of nitrogens with one attached hydrogen (secondary N) is 1. The summed E-state index contributed by atoms with van der Waals surface area (Å²) in [5.74, 6) is 1.30. The zero-order valence-corrected chi connectivity index (χ0v) is 15.1. The summed E-state index contributed by atoms with van der Waals surface area (Å²) in [5, 5.41) is 3.17. The number of aliphatic imine (C=N–C) groups is 1. The smallest absolute Gasteiger partial charge is 0.188 e. The quantitative estimate of drug-likeness (QED) is 0.370. The standard InChI is InChI=1S/C18H30N4O3/c1-23-12-13-25-17-5-2-4-16(14-17)15-21-18(19)20-6-3-7-22-8-10-24-11-9-22/h2,4-5,14H,3,6-13,15H2,1H3,(H3,19,20,21). The third-order valence-electron chi connectivity index (χ3n) is 3.95. The summed E-state index contributed by atoms with van der Waals surface area (Å²) in [4.78, 5) is 6.80. The third kappa shape index (κ3) is 8.20. The number of ether oxygens (including phenoxy) is 3. The SMILES string of the molecule is COCCOc1cccc(CN=C(N)NCCCN2CCOCC2)c1. The van der Waals surface area contributed by atoms with E-state index in [1.54, 1.807) is 7.11 Å². The Morgan fingerprint density at radius 3 is 2.96 bits per heavy atom. The van der Waals surface area contributed by atoms with E-state index < -0.39 is 0 Å². The molecule has 0 radical (unpaired) electrons.